The van der Waals surface area contributed by atoms with E-state index in [4.69, 9.17) is 0 Å². The second kappa shape index (κ2) is 5.72. The highest BCUT2D eigenvalue weighted by Crippen LogP contribution is 2.40. The van der Waals surface area contributed by atoms with Crippen molar-refractivity contribution in [1.82, 2.24) is 10.2 Å². The van der Waals surface area contributed by atoms with Crippen molar-refractivity contribution in [3.05, 3.63) is 20.8 Å². The number of halogens is 1. The molecule has 114 valence electrons. The van der Waals surface area contributed by atoms with Crippen LogP contribution in [0.1, 0.15) is 43.9 Å². The summed E-state index contributed by atoms with van der Waals surface area (Å²) >= 11 is 5.08. The van der Waals surface area contributed by atoms with E-state index in [0.29, 0.717) is 13.0 Å². The van der Waals surface area contributed by atoms with Crippen LogP contribution in [0.4, 0.5) is 0 Å². The Balaban J connectivity index is 1.93. The molecule has 2 amide bonds. The minimum atomic E-state index is -0.612. The number of carbonyl (C=O) groups excluding carboxylic acids is 2. The molecule has 1 saturated carbocycles. The molecule has 1 N–H and O–H groups in total. The normalized spacial score (nSPS) is 24.7. The summed E-state index contributed by atoms with van der Waals surface area (Å²) in [5.41, 5.74) is -0.612. The molecule has 6 heteroatoms. The first-order valence-electron chi connectivity index (χ1n) is 7.42. The largest absolute Gasteiger partial charge is 0.342 e. The molecule has 1 aromatic rings. The minimum Gasteiger partial charge on any atom is -0.342 e. The average Bonchev–Trinajstić information content (AvgIpc) is 3.09. The van der Waals surface area contributed by atoms with Crippen molar-refractivity contribution in [1.29, 1.82) is 0 Å². The minimum absolute atomic E-state index is 0.0436. The Morgan fingerprint density at radius 3 is 2.71 bits per heavy atom. The van der Waals surface area contributed by atoms with E-state index >= 15 is 0 Å². The number of nitrogens with one attached hydrogen (secondary N) is 1. The van der Waals surface area contributed by atoms with Crippen molar-refractivity contribution in [2.24, 2.45) is 0 Å². The molecule has 1 unspecified atom stereocenters. The summed E-state index contributed by atoms with van der Waals surface area (Å²) in [6, 6.07) is 1.67. The van der Waals surface area contributed by atoms with Gasteiger partial charge in [-0.05, 0) is 41.3 Å². The lowest BCUT2D eigenvalue weighted by Crippen LogP contribution is -2.69. The van der Waals surface area contributed by atoms with E-state index < -0.39 is 5.54 Å². The second-order valence-corrected chi connectivity index (χ2v) is 7.74. The highest BCUT2D eigenvalue weighted by Gasteiger charge is 2.53. The molecule has 2 heterocycles. The van der Waals surface area contributed by atoms with Gasteiger partial charge in [-0.3, -0.25) is 9.59 Å². The highest BCUT2D eigenvalue weighted by atomic mass is 79.9. The van der Waals surface area contributed by atoms with Gasteiger partial charge in [-0.1, -0.05) is 19.8 Å². The number of rotatable bonds is 3. The molecule has 2 aliphatic rings. The maximum Gasteiger partial charge on any atom is 0.246 e. The molecule has 4 nitrogen and oxygen atoms in total. The van der Waals surface area contributed by atoms with E-state index in [1.54, 1.807) is 11.3 Å². The first-order chi connectivity index (χ1) is 10.1. The Hall–Kier alpha value is -0.880. The van der Waals surface area contributed by atoms with Crippen LogP contribution in [0.3, 0.4) is 0 Å². The number of thiophene rings is 1. The Bertz CT molecular complexity index is 566. The summed E-state index contributed by atoms with van der Waals surface area (Å²) in [7, 11) is 0. The first kappa shape index (κ1) is 15.0. The van der Waals surface area contributed by atoms with Gasteiger partial charge in [0.2, 0.25) is 11.8 Å². The lowest BCUT2D eigenvalue weighted by atomic mass is 9.89. The molecule has 1 aliphatic carbocycles. The van der Waals surface area contributed by atoms with Crippen molar-refractivity contribution in [3.8, 4) is 0 Å². The first-order valence-corrected chi connectivity index (χ1v) is 9.09. The summed E-state index contributed by atoms with van der Waals surface area (Å²) < 4.78 is 1.03. The topological polar surface area (TPSA) is 49.4 Å². The maximum atomic E-state index is 12.8. The van der Waals surface area contributed by atoms with Gasteiger partial charge in [0.25, 0.3) is 0 Å². The van der Waals surface area contributed by atoms with E-state index in [-0.39, 0.29) is 17.9 Å². The molecule has 1 atom stereocenters. The molecule has 3 rings (SSSR count). The molecule has 1 spiro atoms. The van der Waals surface area contributed by atoms with Crippen LogP contribution < -0.4 is 5.32 Å². The molecular weight excluding hydrogens is 352 g/mol. The predicted octanol–water partition coefficient (Wildman–Crippen LogP) is 3.06. The van der Waals surface area contributed by atoms with E-state index in [9.17, 15) is 9.59 Å². The Morgan fingerprint density at radius 2 is 2.14 bits per heavy atom. The van der Waals surface area contributed by atoms with Crippen molar-refractivity contribution >= 4 is 39.1 Å². The van der Waals surface area contributed by atoms with E-state index in [1.165, 1.54) is 0 Å². The Kier molecular flexibility index (Phi) is 4.10. The SMILES string of the molecule is CCC1NC(=O)C2(CCCC2)N(Cc2cc(Br)cs2)C1=O. The molecule has 1 aliphatic heterocycles. The lowest BCUT2D eigenvalue weighted by molar-refractivity contribution is -0.158. The summed E-state index contributed by atoms with van der Waals surface area (Å²) in [4.78, 5) is 28.4. The number of nitrogens with zero attached hydrogens (tertiary/aromatic N) is 1. The molecule has 21 heavy (non-hydrogen) atoms. The van der Waals surface area contributed by atoms with Gasteiger partial charge in [0.15, 0.2) is 0 Å². The predicted molar refractivity (Wildman–Crippen MR) is 86.0 cm³/mol. The molecule has 0 radical (unpaired) electrons. The molecular formula is C15H19BrN2O2S. The van der Waals surface area contributed by atoms with E-state index in [1.807, 2.05) is 23.3 Å². The van der Waals surface area contributed by atoms with Crippen molar-refractivity contribution in [2.45, 2.75) is 57.2 Å². The number of hydrogen-bond acceptors (Lipinski definition) is 3. The van der Waals surface area contributed by atoms with Crippen LogP contribution in [0.2, 0.25) is 0 Å². The van der Waals surface area contributed by atoms with Crippen LogP contribution in [-0.2, 0) is 16.1 Å². The van der Waals surface area contributed by atoms with E-state index in [2.05, 4.69) is 21.2 Å². The lowest BCUT2D eigenvalue weighted by Gasteiger charge is -2.46. The van der Waals surface area contributed by atoms with Gasteiger partial charge in [-0.25, -0.2) is 0 Å². The molecule has 0 aromatic carbocycles. The van der Waals surface area contributed by atoms with Crippen molar-refractivity contribution in [3.63, 3.8) is 0 Å². The van der Waals surface area contributed by atoms with Gasteiger partial charge in [0, 0.05) is 14.7 Å². The smallest absolute Gasteiger partial charge is 0.246 e. The van der Waals surface area contributed by atoms with Gasteiger partial charge in [0.05, 0.1) is 6.54 Å². The zero-order valence-corrected chi connectivity index (χ0v) is 14.4. The number of carbonyl (C=O) groups is 2. The Labute approximate surface area is 137 Å². The van der Waals surface area contributed by atoms with Crippen LogP contribution in [0.15, 0.2) is 15.9 Å². The third-order valence-corrected chi connectivity index (χ3v) is 6.27. The number of piperazine rings is 1. The number of amides is 2. The van der Waals surface area contributed by atoms with Crippen LogP contribution >= 0.6 is 27.3 Å². The summed E-state index contributed by atoms with van der Waals surface area (Å²) in [6.45, 7) is 2.48. The second-order valence-electron chi connectivity index (χ2n) is 5.83. The van der Waals surface area contributed by atoms with Crippen molar-refractivity contribution in [2.75, 3.05) is 0 Å². The zero-order valence-electron chi connectivity index (χ0n) is 12.0. The summed E-state index contributed by atoms with van der Waals surface area (Å²) in [5, 5.41) is 4.95. The summed E-state index contributed by atoms with van der Waals surface area (Å²) in [6.07, 6.45) is 4.25. The van der Waals surface area contributed by atoms with E-state index in [0.717, 1.165) is 35.0 Å². The molecule has 1 aromatic heterocycles. The maximum absolute atomic E-state index is 12.8. The third kappa shape index (κ3) is 2.52. The molecule has 1 saturated heterocycles. The quantitative estimate of drug-likeness (QED) is 0.888. The van der Waals surface area contributed by atoms with Crippen LogP contribution in [0.25, 0.3) is 0 Å². The monoisotopic (exact) mass is 370 g/mol. The van der Waals surface area contributed by atoms with Crippen LogP contribution in [-0.4, -0.2) is 28.3 Å². The Morgan fingerprint density at radius 1 is 1.43 bits per heavy atom. The summed E-state index contributed by atoms with van der Waals surface area (Å²) in [5.74, 6) is 0.116. The fourth-order valence-electron chi connectivity index (χ4n) is 3.43. The standard InChI is InChI=1S/C15H19BrN2O2S/c1-2-12-13(19)18(8-11-7-10(16)9-21-11)15(14(20)17-12)5-3-4-6-15/h7,9,12H,2-6,8H2,1H3,(H,17,20). The fraction of sp³-hybridized carbons (Fsp3) is 0.600. The zero-order chi connectivity index (χ0) is 15.0. The fourth-order valence-corrected chi connectivity index (χ4v) is 4.87. The van der Waals surface area contributed by atoms with Gasteiger partial charge in [-0.15, -0.1) is 11.3 Å². The van der Waals surface area contributed by atoms with Gasteiger partial charge >= 0.3 is 0 Å². The molecule has 0 bridgehead atoms. The van der Waals surface area contributed by atoms with Crippen LogP contribution in [0.5, 0.6) is 0 Å². The third-order valence-electron chi connectivity index (χ3n) is 4.58. The van der Waals surface area contributed by atoms with Crippen molar-refractivity contribution < 1.29 is 9.59 Å². The molecule has 2 fully saturated rings. The highest BCUT2D eigenvalue weighted by molar-refractivity contribution is 9.10. The van der Waals surface area contributed by atoms with Crippen LogP contribution in [0, 0.1) is 0 Å². The van der Waals surface area contributed by atoms with Gasteiger partial charge < -0.3 is 10.2 Å². The van der Waals surface area contributed by atoms with Gasteiger partial charge in [0.1, 0.15) is 11.6 Å². The number of hydrogen-bond donors (Lipinski definition) is 1. The average molecular weight is 371 g/mol. The van der Waals surface area contributed by atoms with Gasteiger partial charge in [-0.2, -0.15) is 0 Å².